The van der Waals surface area contributed by atoms with Crippen molar-refractivity contribution in [1.82, 2.24) is 39.5 Å². The van der Waals surface area contributed by atoms with E-state index in [1.807, 2.05) is 26.2 Å². The van der Waals surface area contributed by atoms with E-state index in [4.69, 9.17) is 0 Å². The first-order valence-electron chi connectivity index (χ1n) is 8.46. The lowest BCUT2D eigenvalue weighted by atomic mass is 9.96. The van der Waals surface area contributed by atoms with Crippen LogP contribution in [0.3, 0.4) is 0 Å². The number of hydrogen-bond acceptors (Lipinski definition) is 7. The molecule has 0 atom stereocenters. The van der Waals surface area contributed by atoms with Gasteiger partial charge in [0.15, 0.2) is 5.82 Å². The van der Waals surface area contributed by atoms with Crippen molar-refractivity contribution in [2.45, 2.75) is 32.2 Å². The molecule has 0 bridgehead atoms. The topological polar surface area (TPSA) is 90.4 Å². The third-order valence-electron chi connectivity index (χ3n) is 4.71. The van der Waals surface area contributed by atoms with Crippen molar-refractivity contribution in [2.75, 3.05) is 18.0 Å². The van der Waals surface area contributed by atoms with Gasteiger partial charge in [0.05, 0.1) is 0 Å². The zero-order chi connectivity index (χ0) is 17.2. The number of aryl methyl sites for hydroxylation is 1. The fourth-order valence-electron chi connectivity index (χ4n) is 3.31. The van der Waals surface area contributed by atoms with Crippen molar-refractivity contribution in [3.05, 3.63) is 42.4 Å². The standard InChI is InChI=1S/C16H21N9/c1-12-18-6-3-14(20-12)24-7-4-13(5-8-24)16-22-21-15(23(16)2)9-25-11-17-10-19-25/h3,6,10-11,13H,4-5,7-9H2,1-2H3. The molecular formula is C16H21N9. The van der Waals surface area contributed by atoms with E-state index in [1.165, 1.54) is 6.33 Å². The zero-order valence-electron chi connectivity index (χ0n) is 14.4. The Bertz CT molecular complexity index is 831. The molecule has 0 spiro atoms. The summed E-state index contributed by atoms with van der Waals surface area (Å²) < 4.78 is 3.85. The molecule has 9 nitrogen and oxygen atoms in total. The van der Waals surface area contributed by atoms with Gasteiger partial charge in [0, 0.05) is 32.3 Å². The molecule has 0 N–H and O–H groups in total. The van der Waals surface area contributed by atoms with Crippen molar-refractivity contribution < 1.29 is 0 Å². The zero-order valence-corrected chi connectivity index (χ0v) is 14.4. The van der Waals surface area contributed by atoms with Gasteiger partial charge in [0.2, 0.25) is 0 Å². The summed E-state index contributed by atoms with van der Waals surface area (Å²) in [5.41, 5.74) is 0. The SMILES string of the molecule is Cc1nccc(N2CCC(c3nnc(Cn4cncn4)n3C)CC2)n1. The van der Waals surface area contributed by atoms with Crippen molar-refractivity contribution in [3.8, 4) is 0 Å². The average molecular weight is 339 g/mol. The molecule has 0 aromatic carbocycles. The molecule has 3 aromatic rings. The molecule has 9 heteroatoms. The number of anilines is 1. The highest BCUT2D eigenvalue weighted by Crippen LogP contribution is 2.28. The van der Waals surface area contributed by atoms with E-state index in [0.29, 0.717) is 12.5 Å². The Kier molecular flexibility index (Phi) is 4.12. The van der Waals surface area contributed by atoms with Crippen LogP contribution in [0, 0.1) is 6.92 Å². The Morgan fingerprint density at radius 2 is 2.04 bits per heavy atom. The first kappa shape index (κ1) is 15.7. The van der Waals surface area contributed by atoms with Gasteiger partial charge in [-0.15, -0.1) is 10.2 Å². The Morgan fingerprint density at radius 3 is 2.76 bits per heavy atom. The summed E-state index contributed by atoms with van der Waals surface area (Å²) in [5, 5.41) is 12.9. The highest BCUT2D eigenvalue weighted by atomic mass is 15.4. The molecule has 1 aliphatic heterocycles. The van der Waals surface area contributed by atoms with Crippen LogP contribution in [0.25, 0.3) is 0 Å². The van der Waals surface area contributed by atoms with Crippen LogP contribution in [0.5, 0.6) is 0 Å². The van der Waals surface area contributed by atoms with E-state index in [-0.39, 0.29) is 0 Å². The Morgan fingerprint density at radius 1 is 1.20 bits per heavy atom. The molecule has 130 valence electrons. The Balaban J connectivity index is 1.43. The van der Waals surface area contributed by atoms with Crippen LogP contribution in [-0.2, 0) is 13.6 Å². The van der Waals surface area contributed by atoms with Gasteiger partial charge in [-0.05, 0) is 25.8 Å². The lowest BCUT2D eigenvalue weighted by Gasteiger charge is -2.32. The summed E-state index contributed by atoms with van der Waals surface area (Å²) in [5.74, 6) is 4.19. The molecule has 4 rings (SSSR count). The lowest BCUT2D eigenvalue weighted by molar-refractivity contribution is 0.469. The quantitative estimate of drug-likeness (QED) is 0.698. The first-order valence-corrected chi connectivity index (χ1v) is 8.46. The van der Waals surface area contributed by atoms with Crippen LogP contribution in [-0.4, -0.2) is 52.6 Å². The van der Waals surface area contributed by atoms with Gasteiger partial charge >= 0.3 is 0 Å². The Labute approximate surface area is 145 Å². The summed E-state index contributed by atoms with van der Waals surface area (Å²) in [4.78, 5) is 15.0. The normalized spacial score (nSPS) is 15.7. The maximum absolute atomic E-state index is 4.52. The fraction of sp³-hybridized carbons (Fsp3) is 0.500. The van der Waals surface area contributed by atoms with Gasteiger partial charge < -0.3 is 9.47 Å². The van der Waals surface area contributed by atoms with Crippen LogP contribution < -0.4 is 4.90 Å². The molecule has 0 amide bonds. The Hall–Kier alpha value is -2.84. The largest absolute Gasteiger partial charge is 0.356 e. The van der Waals surface area contributed by atoms with Crippen LogP contribution in [0.4, 0.5) is 5.82 Å². The van der Waals surface area contributed by atoms with Gasteiger partial charge in [-0.25, -0.2) is 19.6 Å². The molecular weight excluding hydrogens is 318 g/mol. The highest BCUT2D eigenvalue weighted by Gasteiger charge is 2.26. The number of nitrogens with zero attached hydrogens (tertiary/aromatic N) is 9. The molecule has 0 radical (unpaired) electrons. The van der Waals surface area contributed by atoms with Gasteiger partial charge in [-0.3, -0.25) is 0 Å². The molecule has 0 aliphatic carbocycles. The number of aromatic nitrogens is 8. The minimum atomic E-state index is 0.418. The van der Waals surface area contributed by atoms with Crippen molar-refractivity contribution >= 4 is 5.82 Å². The number of rotatable bonds is 4. The minimum Gasteiger partial charge on any atom is -0.356 e. The number of hydrogen-bond donors (Lipinski definition) is 0. The maximum Gasteiger partial charge on any atom is 0.154 e. The minimum absolute atomic E-state index is 0.418. The summed E-state index contributed by atoms with van der Waals surface area (Å²) in [6, 6.07) is 1.98. The average Bonchev–Trinajstić information content (AvgIpc) is 3.26. The van der Waals surface area contributed by atoms with E-state index in [9.17, 15) is 0 Å². The summed E-state index contributed by atoms with van der Waals surface area (Å²) in [6.45, 7) is 4.44. The van der Waals surface area contributed by atoms with Crippen LogP contribution in [0.2, 0.25) is 0 Å². The maximum atomic E-state index is 4.52. The van der Waals surface area contributed by atoms with E-state index in [1.54, 1.807) is 11.0 Å². The summed E-state index contributed by atoms with van der Waals surface area (Å²) >= 11 is 0. The van der Waals surface area contributed by atoms with Gasteiger partial charge in [0.1, 0.15) is 36.7 Å². The van der Waals surface area contributed by atoms with E-state index >= 15 is 0 Å². The highest BCUT2D eigenvalue weighted by molar-refractivity contribution is 5.38. The smallest absolute Gasteiger partial charge is 0.154 e. The second kappa shape index (κ2) is 6.58. The second-order valence-electron chi connectivity index (χ2n) is 6.35. The van der Waals surface area contributed by atoms with Crippen LogP contribution in [0.15, 0.2) is 24.9 Å². The van der Waals surface area contributed by atoms with E-state index in [2.05, 4.69) is 39.7 Å². The van der Waals surface area contributed by atoms with E-state index in [0.717, 1.165) is 49.2 Å². The first-order chi connectivity index (χ1) is 12.2. The van der Waals surface area contributed by atoms with Crippen molar-refractivity contribution in [2.24, 2.45) is 7.05 Å². The summed E-state index contributed by atoms with van der Waals surface area (Å²) in [7, 11) is 2.03. The fourth-order valence-corrected chi connectivity index (χ4v) is 3.31. The third-order valence-corrected chi connectivity index (χ3v) is 4.71. The third kappa shape index (κ3) is 3.21. The molecule has 0 saturated carbocycles. The molecule has 25 heavy (non-hydrogen) atoms. The second-order valence-corrected chi connectivity index (χ2v) is 6.35. The van der Waals surface area contributed by atoms with E-state index < -0.39 is 0 Å². The van der Waals surface area contributed by atoms with Crippen LogP contribution >= 0.6 is 0 Å². The molecule has 1 aliphatic rings. The predicted molar refractivity (Wildman–Crippen MR) is 91.1 cm³/mol. The molecule has 3 aromatic heterocycles. The van der Waals surface area contributed by atoms with Gasteiger partial charge in [-0.1, -0.05) is 0 Å². The monoisotopic (exact) mass is 339 g/mol. The van der Waals surface area contributed by atoms with Crippen LogP contribution in [0.1, 0.15) is 36.2 Å². The predicted octanol–water partition coefficient (Wildman–Crippen LogP) is 0.937. The molecule has 4 heterocycles. The lowest BCUT2D eigenvalue weighted by Crippen LogP contribution is -2.34. The van der Waals surface area contributed by atoms with Crippen molar-refractivity contribution in [3.63, 3.8) is 0 Å². The van der Waals surface area contributed by atoms with Gasteiger partial charge in [0.25, 0.3) is 0 Å². The molecule has 1 fully saturated rings. The molecule has 1 saturated heterocycles. The molecule has 0 unspecified atom stereocenters. The number of piperidine rings is 1. The summed E-state index contributed by atoms with van der Waals surface area (Å²) in [6.07, 6.45) is 7.12. The van der Waals surface area contributed by atoms with Gasteiger partial charge in [-0.2, -0.15) is 5.10 Å². The van der Waals surface area contributed by atoms with Crippen molar-refractivity contribution in [1.29, 1.82) is 0 Å².